The summed E-state index contributed by atoms with van der Waals surface area (Å²) < 4.78 is 2.37. The minimum absolute atomic E-state index is 0.00290. The van der Waals surface area contributed by atoms with Crippen molar-refractivity contribution >= 4 is 50.0 Å². The van der Waals surface area contributed by atoms with Crippen LogP contribution in [-0.2, 0) is 11.8 Å². The molecule has 3 aromatic rings. The van der Waals surface area contributed by atoms with Gasteiger partial charge >= 0.3 is 0 Å². The van der Waals surface area contributed by atoms with E-state index in [0.717, 1.165) is 0 Å². The van der Waals surface area contributed by atoms with Gasteiger partial charge in [-0.25, -0.2) is 4.98 Å². The lowest BCUT2D eigenvalue weighted by Crippen LogP contribution is -2.14. The lowest BCUT2D eigenvalue weighted by molar-refractivity contribution is -0.384. The van der Waals surface area contributed by atoms with Gasteiger partial charge in [-0.3, -0.25) is 14.9 Å². The van der Waals surface area contributed by atoms with Crippen LogP contribution in [0.15, 0.2) is 29.7 Å². The fraction of sp³-hybridized carbons (Fsp3) is 0.167. The number of aromatic nitrogens is 4. The summed E-state index contributed by atoms with van der Waals surface area (Å²) in [5, 5.41) is 22.1. The number of hydrogen-bond donors (Lipinski definition) is 1. The molecule has 0 fully saturated rings. The first-order valence-corrected chi connectivity index (χ1v) is 8.15. The van der Waals surface area contributed by atoms with Crippen molar-refractivity contribution in [1.82, 2.24) is 19.7 Å². The largest absolute Gasteiger partial charge is 0.312 e. The monoisotopic (exact) mass is 350 g/mol. The Labute approximate surface area is 137 Å². The molecule has 0 spiro atoms. The number of amides is 1. The molecule has 1 aromatic carbocycles. The number of rotatable bonds is 5. The van der Waals surface area contributed by atoms with Crippen LogP contribution in [0.1, 0.15) is 0 Å². The molecule has 2 heterocycles. The number of nitro groups is 1. The number of aryl methyl sites for hydroxylation is 1. The van der Waals surface area contributed by atoms with E-state index in [1.807, 2.05) is 0 Å². The second-order valence-corrected chi connectivity index (χ2v) is 6.46. The molecule has 23 heavy (non-hydrogen) atoms. The van der Waals surface area contributed by atoms with Crippen molar-refractivity contribution in [3.05, 3.63) is 34.6 Å². The molecule has 3 rings (SSSR count). The fourth-order valence-corrected chi connectivity index (χ4v) is 3.37. The van der Waals surface area contributed by atoms with Crippen LogP contribution in [0.3, 0.4) is 0 Å². The van der Waals surface area contributed by atoms with E-state index in [1.54, 1.807) is 24.0 Å². The number of nitrogens with one attached hydrogen (secondary N) is 1. The zero-order chi connectivity index (χ0) is 16.4. The highest BCUT2D eigenvalue weighted by molar-refractivity contribution is 7.99. The summed E-state index contributed by atoms with van der Waals surface area (Å²) in [4.78, 5) is 26.5. The molecule has 2 aromatic heterocycles. The van der Waals surface area contributed by atoms with Crippen molar-refractivity contribution in [2.45, 2.75) is 5.16 Å². The molecular weight excluding hydrogens is 340 g/mol. The van der Waals surface area contributed by atoms with Gasteiger partial charge in [0.1, 0.15) is 6.33 Å². The minimum atomic E-state index is -0.463. The lowest BCUT2D eigenvalue weighted by Gasteiger charge is -2.00. The van der Waals surface area contributed by atoms with Gasteiger partial charge < -0.3 is 9.88 Å². The highest BCUT2D eigenvalue weighted by atomic mass is 32.2. The fourth-order valence-electron chi connectivity index (χ4n) is 1.77. The second-order valence-electron chi connectivity index (χ2n) is 4.49. The first kappa shape index (κ1) is 15.4. The second kappa shape index (κ2) is 6.30. The van der Waals surface area contributed by atoms with Crippen LogP contribution >= 0.6 is 23.1 Å². The van der Waals surface area contributed by atoms with Gasteiger partial charge in [-0.1, -0.05) is 23.1 Å². The van der Waals surface area contributed by atoms with Crippen molar-refractivity contribution in [3.8, 4) is 0 Å². The Morgan fingerprint density at radius 1 is 1.52 bits per heavy atom. The first-order valence-electron chi connectivity index (χ1n) is 6.34. The summed E-state index contributed by atoms with van der Waals surface area (Å²) >= 11 is 2.45. The molecule has 0 radical (unpaired) electrons. The Kier molecular flexibility index (Phi) is 4.21. The Hall–Kier alpha value is -2.53. The molecule has 0 saturated heterocycles. The van der Waals surface area contributed by atoms with Gasteiger partial charge in [0.15, 0.2) is 10.3 Å². The van der Waals surface area contributed by atoms with Gasteiger partial charge in [0.25, 0.3) is 5.69 Å². The van der Waals surface area contributed by atoms with Crippen LogP contribution in [0.4, 0.5) is 10.8 Å². The number of anilines is 1. The van der Waals surface area contributed by atoms with Gasteiger partial charge in [0.2, 0.25) is 5.91 Å². The lowest BCUT2D eigenvalue weighted by atomic mass is 10.3. The number of hydrogen-bond acceptors (Lipinski definition) is 8. The molecule has 0 atom stereocenters. The molecule has 118 valence electrons. The highest BCUT2D eigenvalue weighted by Gasteiger charge is 2.13. The van der Waals surface area contributed by atoms with Crippen LogP contribution in [0.5, 0.6) is 0 Å². The summed E-state index contributed by atoms with van der Waals surface area (Å²) in [6, 6.07) is 4.39. The Bertz CT molecular complexity index is 890. The van der Waals surface area contributed by atoms with E-state index < -0.39 is 4.92 Å². The van der Waals surface area contributed by atoms with E-state index in [0.29, 0.717) is 20.5 Å². The maximum atomic E-state index is 11.9. The van der Waals surface area contributed by atoms with Crippen LogP contribution in [0.25, 0.3) is 10.2 Å². The van der Waals surface area contributed by atoms with Crippen molar-refractivity contribution in [1.29, 1.82) is 0 Å². The molecule has 0 aliphatic carbocycles. The number of thioether (sulfide) groups is 1. The van der Waals surface area contributed by atoms with Gasteiger partial charge in [-0.05, 0) is 6.07 Å². The quantitative estimate of drug-likeness (QED) is 0.425. The molecule has 0 aliphatic heterocycles. The van der Waals surface area contributed by atoms with Crippen LogP contribution in [0, 0.1) is 10.1 Å². The zero-order valence-electron chi connectivity index (χ0n) is 11.8. The molecule has 0 saturated carbocycles. The van der Waals surface area contributed by atoms with Crippen molar-refractivity contribution in [2.24, 2.45) is 7.05 Å². The number of thiazole rings is 1. The average Bonchev–Trinajstić information content (AvgIpc) is 3.09. The maximum absolute atomic E-state index is 11.9. The molecule has 0 bridgehead atoms. The molecule has 1 amide bonds. The molecule has 0 aliphatic rings. The Morgan fingerprint density at radius 3 is 3.04 bits per heavy atom. The van der Waals surface area contributed by atoms with Crippen LogP contribution < -0.4 is 5.32 Å². The van der Waals surface area contributed by atoms with Crippen LogP contribution in [-0.4, -0.2) is 36.3 Å². The Balaban J connectivity index is 1.67. The Morgan fingerprint density at radius 2 is 2.35 bits per heavy atom. The van der Waals surface area contributed by atoms with E-state index in [2.05, 4.69) is 20.5 Å². The van der Waals surface area contributed by atoms with Crippen molar-refractivity contribution in [2.75, 3.05) is 11.1 Å². The summed E-state index contributed by atoms with van der Waals surface area (Å²) in [6.45, 7) is 0. The standard InChI is InChI=1S/C12H10N6O3S2/c1-17-6-13-16-12(17)22-5-10(19)15-11-14-8-3-2-7(18(20)21)4-9(8)23-11/h2-4,6H,5H2,1H3,(H,14,15,19). The number of nitrogens with zero attached hydrogens (tertiary/aromatic N) is 5. The van der Waals surface area contributed by atoms with Gasteiger partial charge in [0.05, 0.1) is 20.9 Å². The number of non-ortho nitro benzene ring substituents is 1. The third-order valence-corrected chi connectivity index (χ3v) is 4.80. The predicted molar refractivity (Wildman–Crippen MR) is 86.6 cm³/mol. The normalized spacial score (nSPS) is 10.8. The smallest absolute Gasteiger partial charge is 0.270 e. The minimum Gasteiger partial charge on any atom is -0.312 e. The van der Waals surface area contributed by atoms with E-state index in [4.69, 9.17) is 0 Å². The zero-order valence-corrected chi connectivity index (χ0v) is 13.4. The van der Waals surface area contributed by atoms with Gasteiger partial charge in [0, 0.05) is 19.2 Å². The molecular formula is C12H10N6O3S2. The number of carbonyl (C=O) groups excluding carboxylic acids is 1. The maximum Gasteiger partial charge on any atom is 0.270 e. The SMILES string of the molecule is Cn1cnnc1SCC(=O)Nc1nc2ccc([N+](=O)[O-])cc2s1. The molecule has 0 unspecified atom stereocenters. The number of carbonyl (C=O) groups is 1. The van der Waals surface area contributed by atoms with Gasteiger partial charge in [-0.2, -0.15) is 0 Å². The molecule has 1 N–H and O–H groups in total. The van der Waals surface area contributed by atoms with Crippen molar-refractivity contribution < 1.29 is 9.72 Å². The van der Waals surface area contributed by atoms with E-state index in [-0.39, 0.29) is 17.3 Å². The van der Waals surface area contributed by atoms with E-state index in [1.165, 1.54) is 35.2 Å². The molecule has 11 heteroatoms. The summed E-state index contributed by atoms with van der Waals surface area (Å²) in [5.41, 5.74) is 0.605. The predicted octanol–water partition coefficient (Wildman–Crippen LogP) is 2.06. The number of fused-ring (bicyclic) bond motifs is 1. The third kappa shape index (κ3) is 3.46. The van der Waals surface area contributed by atoms with E-state index >= 15 is 0 Å². The highest BCUT2D eigenvalue weighted by Crippen LogP contribution is 2.29. The number of nitro benzene ring substituents is 1. The van der Waals surface area contributed by atoms with Crippen LogP contribution in [0.2, 0.25) is 0 Å². The summed E-state index contributed by atoms with van der Waals surface area (Å²) in [6.07, 6.45) is 1.56. The van der Waals surface area contributed by atoms with E-state index in [9.17, 15) is 14.9 Å². The topological polar surface area (TPSA) is 116 Å². The summed E-state index contributed by atoms with van der Waals surface area (Å²) in [7, 11) is 1.79. The average molecular weight is 350 g/mol. The first-order chi connectivity index (χ1) is 11.0. The van der Waals surface area contributed by atoms with Crippen molar-refractivity contribution in [3.63, 3.8) is 0 Å². The number of benzene rings is 1. The summed E-state index contributed by atoms with van der Waals surface area (Å²) in [5.74, 6) is -0.0608. The van der Waals surface area contributed by atoms with Gasteiger partial charge in [-0.15, -0.1) is 10.2 Å². The third-order valence-electron chi connectivity index (χ3n) is 2.83. The molecule has 9 nitrogen and oxygen atoms in total.